The van der Waals surface area contributed by atoms with E-state index in [0.29, 0.717) is 5.82 Å². The second-order valence-corrected chi connectivity index (χ2v) is 8.88. The number of rotatable bonds is 10. The van der Waals surface area contributed by atoms with Gasteiger partial charge in [0.2, 0.25) is 5.91 Å². The molecule has 4 rings (SSSR count). The lowest BCUT2D eigenvalue weighted by molar-refractivity contribution is -0.118. The van der Waals surface area contributed by atoms with Gasteiger partial charge in [0.25, 0.3) is 0 Å². The number of aromatic nitrogens is 4. The van der Waals surface area contributed by atoms with Crippen LogP contribution in [0.15, 0.2) is 89.2 Å². The van der Waals surface area contributed by atoms with Gasteiger partial charge in [0.15, 0.2) is 11.0 Å². The molecule has 0 unspecified atom stereocenters. The van der Waals surface area contributed by atoms with Crippen LogP contribution >= 0.6 is 23.5 Å². The molecule has 1 N–H and O–H groups in total. The average molecular weight is 478 g/mol. The van der Waals surface area contributed by atoms with Crippen LogP contribution in [0.2, 0.25) is 0 Å². The number of methoxy groups -OCH3 is 1. The number of carbonyl (C=O) groups is 1. The van der Waals surface area contributed by atoms with Crippen molar-refractivity contribution in [2.24, 2.45) is 0 Å². The normalized spacial score (nSPS) is 10.7. The van der Waals surface area contributed by atoms with Crippen LogP contribution in [0.3, 0.4) is 0 Å². The lowest BCUT2D eigenvalue weighted by atomic mass is 10.2. The third kappa shape index (κ3) is 6.36. The summed E-state index contributed by atoms with van der Waals surface area (Å²) in [5, 5.41) is 13.3. The van der Waals surface area contributed by atoms with E-state index in [-0.39, 0.29) is 18.2 Å². The molecule has 4 aromatic rings. The Hall–Kier alpha value is -3.30. The molecule has 0 radical (unpaired) electrons. The second kappa shape index (κ2) is 11.5. The van der Waals surface area contributed by atoms with Crippen LogP contribution in [0.1, 0.15) is 11.4 Å². The molecule has 0 atom stereocenters. The highest BCUT2D eigenvalue weighted by Gasteiger charge is 2.16. The van der Waals surface area contributed by atoms with Crippen molar-refractivity contribution < 1.29 is 9.53 Å². The zero-order chi connectivity index (χ0) is 22.9. The van der Waals surface area contributed by atoms with E-state index in [1.165, 1.54) is 17.3 Å². The van der Waals surface area contributed by atoms with Crippen LogP contribution in [-0.2, 0) is 17.1 Å². The van der Waals surface area contributed by atoms with E-state index < -0.39 is 0 Å². The van der Waals surface area contributed by atoms with Crippen molar-refractivity contribution in [1.29, 1.82) is 0 Å². The molecule has 7 nitrogen and oxygen atoms in total. The summed E-state index contributed by atoms with van der Waals surface area (Å²) in [5.41, 5.74) is 2.11. The highest BCUT2D eigenvalue weighted by atomic mass is 32.2. The van der Waals surface area contributed by atoms with Gasteiger partial charge in [-0.3, -0.25) is 9.36 Å². The Bertz CT molecular complexity index is 1170. The first-order chi connectivity index (χ1) is 16.2. The van der Waals surface area contributed by atoms with Gasteiger partial charge in [-0.15, -0.1) is 10.2 Å². The number of ether oxygens (including phenoxy) is 1. The van der Waals surface area contributed by atoms with Crippen LogP contribution in [0.4, 0.5) is 0 Å². The van der Waals surface area contributed by atoms with E-state index in [2.05, 4.69) is 32.6 Å². The number of nitrogens with zero attached hydrogens (tertiary/aromatic N) is 4. The van der Waals surface area contributed by atoms with Crippen molar-refractivity contribution in [3.8, 4) is 11.4 Å². The zero-order valence-corrected chi connectivity index (χ0v) is 19.7. The lowest BCUT2D eigenvalue weighted by Crippen LogP contribution is -2.26. The summed E-state index contributed by atoms with van der Waals surface area (Å²) in [7, 11) is 1.64. The molecule has 9 heteroatoms. The molecule has 33 heavy (non-hydrogen) atoms. The molecule has 2 aromatic carbocycles. The predicted molar refractivity (Wildman–Crippen MR) is 131 cm³/mol. The Morgan fingerprint density at radius 2 is 1.76 bits per heavy atom. The Morgan fingerprint density at radius 1 is 0.970 bits per heavy atom. The largest absolute Gasteiger partial charge is 0.497 e. The smallest absolute Gasteiger partial charge is 0.230 e. The van der Waals surface area contributed by atoms with Gasteiger partial charge >= 0.3 is 0 Å². The summed E-state index contributed by atoms with van der Waals surface area (Å²) in [4.78, 5) is 16.6. The lowest BCUT2D eigenvalue weighted by Gasteiger charge is -2.12. The molecule has 0 saturated carbocycles. The van der Waals surface area contributed by atoms with E-state index in [9.17, 15) is 4.79 Å². The molecule has 0 fully saturated rings. The number of benzene rings is 2. The maximum absolute atomic E-state index is 12.4. The molecule has 0 spiro atoms. The van der Waals surface area contributed by atoms with E-state index in [4.69, 9.17) is 4.74 Å². The van der Waals surface area contributed by atoms with Gasteiger partial charge in [-0.2, -0.15) is 0 Å². The van der Waals surface area contributed by atoms with Gasteiger partial charge in [0.1, 0.15) is 5.75 Å². The van der Waals surface area contributed by atoms with Crippen LogP contribution in [0.25, 0.3) is 5.69 Å². The second-order valence-electron chi connectivity index (χ2n) is 6.94. The standard InChI is InChI=1S/C24H23N5O2S2/c1-31-20-12-10-19(11-13-20)29-21(15-26-22(30)17-32-23-9-5-6-14-25-23)27-28-24(29)33-16-18-7-3-2-4-8-18/h2-14H,15-17H2,1H3,(H,26,30). The fraction of sp³-hybridized carbons (Fsp3) is 0.167. The van der Waals surface area contributed by atoms with Crippen molar-refractivity contribution in [3.63, 3.8) is 0 Å². The SMILES string of the molecule is COc1ccc(-n2c(CNC(=O)CSc3ccccn3)nnc2SCc2ccccc2)cc1. The summed E-state index contributed by atoms with van der Waals surface area (Å²) in [5.74, 6) is 2.39. The topological polar surface area (TPSA) is 81.9 Å². The van der Waals surface area contributed by atoms with Crippen molar-refractivity contribution in [3.05, 3.63) is 90.4 Å². The van der Waals surface area contributed by atoms with E-state index in [1.54, 1.807) is 25.1 Å². The molecule has 2 heterocycles. The van der Waals surface area contributed by atoms with E-state index in [1.807, 2.05) is 65.2 Å². The molecule has 0 saturated heterocycles. The fourth-order valence-electron chi connectivity index (χ4n) is 3.02. The fourth-order valence-corrected chi connectivity index (χ4v) is 4.64. The summed E-state index contributed by atoms with van der Waals surface area (Å²) in [6, 6.07) is 23.6. The number of carbonyl (C=O) groups excluding carboxylic acids is 1. The van der Waals surface area contributed by atoms with Crippen molar-refractivity contribution in [2.75, 3.05) is 12.9 Å². The third-order valence-corrected chi connectivity index (χ3v) is 6.62. The first kappa shape index (κ1) is 22.9. The quantitative estimate of drug-likeness (QED) is 0.340. The van der Waals surface area contributed by atoms with Gasteiger partial charge < -0.3 is 10.1 Å². The first-order valence-electron chi connectivity index (χ1n) is 10.3. The first-order valence-corrected chi connectivity index (χ1v) is 12.3. The number of hydrogen-bond donors (Lipinski definition) is 1. The summed E-state index contributed by atoms with van der Waals surface area (Å²) in [6.45, 7) is 0.270. The van der Waals surface area contributed by atoms with E-state index in [0.717, 1.165) is 27.4 Å². The summed E-state index contributed by atoms with van der Waals surface area (Å²) >= 11 is 3.00. The molecule has 1 amide bonds. The van der Waals surface area contributed by atoms with E-state index >= 15 is 0 Å². The number of nitrogens with one attached hydrogen (secondary N) is 1. The minimum Gasteiger partial charge on any atom is -0.497 e. The number of hydrogen-bond acceptors (Lipinski definition) is 7. The molecular formula is C24H23N5O2S2. The molecule has 0 aliphatic heterocycles. The van der Waals surface area contributed by atoms with Crippen molar-refractivity contribution >= 4 is 29.4 Å². The maximum Gasteiger partial charge on any atom is 0.230 e. The van der Waals surface area contributed by atoms with Crippen LogP contribution in [0, 0.1) is 0 Å². The van der Waals surface area contributed by atoms with Crippen LogP contribution < -0.4 is 10.1 Å². The highest BCUT2D eigenvalue weighted by molar-refractivity contribution is 7.99. The van der Waals surface area contributed by atoms with Crippen LogP contribution in [0.5, 0.6) is 5.75 Å². The minimum atomic E-state index is -0.0894. The Kier molecular flexibility index (Phi) is 7.99. The molecule has 0 aliphatic rings. The number of thioether (sulfide) groups is 2. The summed E-state index contributed by atoms with van der Waals surface area (Å²) in [6.07, 6.45) is 1.71. The monoisotopic (exact) mass is 477 g/mol. The molecule has 0 aliphatic carbocycles. The van der Waals surface area contributed by atoms with Gasteiger partial charge in [-0.25, -0.2) is 4.98 Å². The molecule has 2 aromatic heterocycles. The van der Waals surface area contributed by atoms with Crippen molar-refractivity contribution in [2.45, 2.75) is 22.5 Å². The summed E-state index contributed by atoms with van der Waals surface area (Å²) < 4.78 is 7.26. The van der Waals surface area contributed by atoms with Gasteiger partial charge in [0, 0.05) is 17.6 Å². The van der Waals surface area contributed by atoms with Gasteiger partial charge in [0.05, 0.1) is 24.4 Å². The molecule has 168 valence electrons. The predicted octanol–water partition coefficient (Wildman–Crippen LogP) is 4.37. The Balaban J connectivity index is 1.47. The molecule has 0 bridgehead atoms. The third-order valence-electron chi connectivity index (χ3n) is 4.67. The zero-order valence-electron chi connectivity index (χ0n) is 18.0. The Labute approximate surface area is 201 Å². The number of amides is 1. The number of pyridine rings is 1. The average Bonchev–Trinajstić information content (AvgIpc) is 3.29. The molecular weight excluding hydrogens is 454 g/mol. The van der Waals surface area contributed by atoms with Gasteiger partial charge in [-0.1, -0.05) is 59.9 Å². The Morgan fingerprint density at radius 3 is 2.48 bits per heavy atom. The maximum atomic E-state index is 12.4. The van der Waals surface area contributed by atoms with Crippen LogP contribution in [-0.4, -0.2) is 38.5 Å². The van der Waals surface area contributed by atoms with Gasteiger partial charge in [-0.05, 0) is 42.0 Å². The highest BCUT2D eigenvalue weighted by Crippen LogP contribution is 2.26. The minimum absolute atomic E-state index is 0.0894. The van der Waals surface area contributed by atoms with Crippen molar-refractivity contribution in [1.82, 2.24) is 25.1 Å².